The van der Waals surface area contributed by atoms with E-state index in [1.165, 1.54) is 4.68 Å². The van der Waals surface area contributed by atoms with Gasteiger partial charge in [-0.25, -0.2) is 9.67 Å². The Hall–Kier alpha value is -3.96. The molecule has 3 aromatic rings. The number of aryl methyl sites for hydroxylation is 1. The Labute approximate surface area is 239 Å². The summed E-state index contributed by atoms with van der Waals surface area (Å²) >= 11 is 0. The van der Waals surface area contributed by atoms with Crippen LogP contribution in [-0.2, 0) is 16.1 Å². The maximum Gasteiger partial charge on any atom is 0.271 e. The fourth-order valence-corrected chi connectivity index (χ4v) is 6.40. The Balaban J connectivity index is 0.996. The molecule has 4 aliphatic heterocycles. The average molecular weight is 557 g/mol. The summed E-state index contributed by atoms with van der Waals surface area (Å²) in [5.41, 5.74) is 5.56. The van der Waals surface area contributed by atoms with Crippen LogP contribution in [0.15, 0.2) is 43.4 Å². The van der Waals surface area contributed by atoms with E-state index >= 15 is 0 Å². The smallest absolute Gasteiger partial charge is 0.271 e. The minimum Gasteiger partial charge on any atom is -0.485 e. The zero-order valence-corrected chi connectivity index (χ0v) is 23.5. The highest BCUT2D eigenvalue weighted by Crippen LogP contribution is 2.41. The van der Waals surface area contributed by atoms with Crippen LogP contribution in [0.3, 0.4) is 0 Å². The van der Waals surface area contributed by atoms with E-state index in [0.717, 1.165) is 105 Å². The molecule has 0 aliphatic carbocycles. The van der Waals surface area contributed by atoms with Gasteiger partial charge in [-0.15, -0.1) is 0 Å². The third-order valence-electron chi connectivity index (χ3n) is 8.80. The summed E-state index contributed by atoms with van der Waals surface area (Å²) < 4.78 is 13.4. The number of hydrogen-bond acceptors (Lipinski definition) is 9. The maximum atomic E-state index is 12.7. The molecule has 0 atom stereocenters. The predicted octanol–water partition coefficient (Wildman–Crippen LogP) is 3.02. The largest absolute Gasteiger partial charge is 0.485 e. The lowest BCUT2D eigenvalue weighted by Crippen LogP contribution is -2.62. The third kappa shape index (κ3) is 4.93. The van der Waals surface area contributed by atoms with Crippen LogP contribution in [-0.4, -0.2) is 94.0 Å². The standard InChI is InChI=1S/C30H36N8O3/c1-20-28-26(34-29-24(19-41-28)27(4-8-31-29)36-12-14-40-15-13-36)16-25(33-20)22-5-10-35(11-6-22)23-17-37(18-23)30(39)21(2)38-9-3-7-32-38/h3-4,7-9,16,22-23H,2,5-6,10-15,17-19H2,1H3,(H,31,34). The summed E-state index contributed by atoms with van der Waals surface area (Å²) in [6.45, 7) is 13.1. The second-order valence-corrected chi connectivity index (χ2v) is 11.3. The molecule has 1 N–H and O–H groups in total. The van der Waals surface area contributed by atoms with Gasteiger partial charge in [0.05, 0.1) is 30.2 Å². The molecule has 214 valence electrons. The Kier molecular flexibility index (Phi) is 6.83. The summed E-state index contributed by atoms with van der Waals surface area (Å²) in [7, 11) is 0. The first-order valence-electron chi connectivity index (χ1n) is 14.5. The van der Waals surface area contributed by atoms with Gasteiger partial charge in [0.15, 0.2) is 5.75 Å². The lowest BCUT2D eigenvalue weighted by Gasteiger charge is -2.47. The lowest BCUT2D eigenvalue weighted by molar-refractivity contribution is -0.133. The number of fused-ring (bicyclic) bond motifs is 2. The van der Waals surface area contributed by atoms with Gasteiger partial charge in [-0.1, -0.05) is 6.58 Å². The molecule has 0 spiro atoms. The molecular formula is C30H36N8O3. The molecule has 0 bridgehead atoms. The molecule has 0 radical (unpaired) electrons. The van der Waals surface area contributed by atoms with Crippen molar-refractivity contribution in [2.75, 3.05) is 62.7 Å². The minimum absolute atomic E-state index is 0.0488. The van der Waals surface area contributed by atoms with Crippen LogP contribution in [0.2, 0.25) is 0 Å². The highest BCUT2D eigenvalue weighted by Gasteiger charge is 2.38. The number of aromatic nitrogens is 4. The van der Waals surface area contributed by atoms with Crippen molar-refractivity contribution in [1.29, 1.82) is 0 Å². The fourth-order valence-electron chi connectivity index (χ4n) is 6.40. The summed E-state index contributed by atoms with van der Waals surface area (Å²) in [6, 6.07) is 6.42. The average Bonchev–Trinajstić information content (AvgIpc) is 3.44. The number of pyridine rings is 2. The quantitative estimate of drug-likeness (QED) is 0.476. The normalized spacial score (nSPS) is 19.8. The van der Waals surface area contributed by atoms with E-state index in [0.29, 0.717) is 24.3 Å². The van der Waals surface area contributed by atoms with Gasteiger partial charge >= 0.3 is 0 Å². The van der Waals surface area contributed by atoms with Crippen molar-refractivity contribution in [3.05, 3.63) is 60.3 Å². The number of carbonyl (C=O) groups is 1. The second kappa shape index (κ2) is 10.8. The number of ether oxygens (including phenoxy) is 2. The van der Waals surface area contributed by atoms with E-state index in [1.54, 1.807) is 18.5 Å². The SMILES string of the molecule is C=C(C(=O)N1CC(N2CCC(c3cc4c(c(C)n3)OCc3c(N5CCOCC5)ccnc3N4)CC2)C1)n1cccn1. The number of amides is 1. The van der Waals surface area contributed by atoms with Crippen LogP contribution in [0.5, 0.6) is 5.75 Å². The summed E-state index contributed by atoms with van der Waals surface area (Å²) in [6.07, 6.45) is 7.34. The van der Waals surface area contributed by atoms with Gasteiger partial charge in [-0.3, -0.25) is 14.7 Å². The number of hydrogen-bond donors (Lipinski definition) is 1. The van der Waals surface area contributed by atoms with Gasteiger partial charge in [0, 0.05) is 68.1 Å². The van der Waals surface area contributed by atoms with Crippen LogP contribution in [0.4, 0.5) is 17.2 Å². The van der Waals surface area contributed by atoms with Crippen molar-refractivity contribution in [2.45, 2.75) is 38.3 Å². The van der Waals surface area contributed by atoms with Crippen LogP contribution < -0.4 is 15.0 Å². The van der Waals surface area contributed by atoms with Gasteiger partial charge in [0.25, 0.3) is 5.91 Å². The van der Waals surface area contributed by atoms with Gasteiger partial charge in [-0.2, -0.15) is 5.10 Å². The van der Waals surface area contributed by atoms with Gasteiger partial charge in [0.1, 0.15) is 18.1 Å². The zero-order valence-electron chi connectivity index (χ0n) is 23.5. The van der Waals surface area contributed by atoms with E-state index in [2.05, 4.69) is 43.9 Å². The fraction of sp³-hybridized carbons (Fsp3) is 0.467. The Morgan fingerprint density at radius 2 is 1.93 bits per heavy atom. The van der Waals surface area contributed by atoms with Crippen LogP contribution in [0.1, 0.15) is 35.7 Å². The van der Waals surface area contributed by atoms with Crippen molar-refractivity contribution in [1.82, 2.24) is 29.5 Å². The van der Waals surface area contributed by atoms with Crippen molar-refractivity contribution in [2.24, 2.45) is 0 Å². The first-order chi connectivity index (χ1) is 20.0. The number of nitrogens with zero attached hydrogens (tertiary/aromatic N) is 7. The molecule has 0 unspecified atom stereocenters. The first-order valence-corrected chi connectivity index (χ1v) is 14.5. The molecule has 3 saturated heterocycles. The molecular weight excluding hydrogens is 520 g/mol. The van der Waals surface area contributed by atoms with Crippen LogP contribution >= 0.6 is 0 Å². The van der Waals surface area contributed by atoms with Crippen LogP contribution in [0.25, 0.3) is 5.70 Å². The molecule has 41 heavy (non-hydrogen) atoms. The molecule has 3 fully saturated rings. The van der Waals surface area contributed by atoms with E-state index in [4.69, 9.17) is 14.5 Å². The van der Waals surface area contributed by atoms with E-state index < -0.39 is 0 Å². The highest BCUT2D eigenvalue weighted by molar-refractivity contribution is 6.12. The molecule has 7 heterocycles. The Bertz CT molecular complexity index is 1440. The maximum absolute atomic E-state index is 12.7. The Morgan fingerprint density at radius 3 is 2.68 bits per heavy atom. The minimum atomic E-state index is -0.0488. The summed E-state index contributed by atoms with van der Waals surface area (Å²) in [5.74, 6) is 1.98. The number of likely N-dealkylation sites (tertiary alicyclic amines) is 2. The van der Waals surface area contributed by atoms with E-state index in [9.17, 15) is 4.79 Å². The van der Waals surface area contributed by atoms with Gasteiger partial charge in [-0.05, 0) is 51.1 Å². The zero-order chi connectivity index (χ0) is 27.9. The topological polar surface area (TPSA) is 101 Å². The van der Waals surface area contributed by atoms with Crippen molar-refractivity contribution in [3.8, 4) is 5.75 Å². The Morgan fingerprint density at radius 1 is 1.12 bits per heavy atom. The van der Waals surface area contributed by atoms with Crippen molar-refractivity contribution < 1.29 is 14.3 Å². The molecule has 11 heteroatoms. The number of nitrogens with one attached hydrogen (secondary N) is 1. The molecule has 11 nitrogen and oxygen atoms in total. The second-order valence-electron chi connectivity index (χ2n) is 11.3. The number of piperidine rings is 1. The number of rotatable bonds is 5. The predicted molar refractivity (Wildman–Crippen MR) is 155 cm³/mol. The number of carbonyl (C=O) groups excluding carboxylic acids is 1. The molecule has 0 saturated carbocycles. The highest BCUT2D eigenvalue weighted by atomic mass is 16.5. The van der Waals surface area contributed by atoms with Gasteiger partial charge < -0.3 is 24.6 Å². The van der Waals surface area contributed by atoms with E-state index in [1.807, 2.05) is 18.0 Å². The third-order valence-corrected chi connectivity index (χ3v) is 8.80. The summed E-state index contributed by atoms with van der Waals surface area (Å²) in [4.78, 5) is 29.2. The van der Waals surface area contributed by atoms with E-state index in [-0.39, 0.29) is 5.91 Å². The number of anilines is 3. The number of morpholine rings is 1. The molecule has 0 aromatic carbocycles. The first kappa shape index (κ1) is 26.0. The molecule has 1 amide bonds. The molecule has 4 aliphatic rings. The molecule has 7 rings (SSSR count). The van der Waals surface area contributed by atoms with Crippen molar-refractivity contribution in [3.63, 3.8) is 0 Å². The van der Waals surface area contributed by atoms with Gasteiger partial charge in [0.2, 0.25) is 0 Å². The van der Waals surface area contributed by atoms with Crippen molar-refractivity contribution >= 4 is 28.8 Å². The monoisotopic (exact) mass is 556 g/mol. The lowest BCUT2D eigenvalue weighted by atomic mass is 9.90. The summed E-state index contributed by atoms with van der Waals surface area (Å²) in [5, 5.41) is 7.72. The van der Waals surface area contributed by atoms with Crippen LogP contribution in [0, 0.1) is 6.92 Å². The molecule has 3 aromatic heterocycles.